The average Bonchev–Trinajstić information content (AvgIpc) is 2.69. The molecular formula is C18H25FN2. The fourth-order valence-corrected chi connectivity index (χ4v) is 3.33. The fraction of sp³-hybridized carbons (Fsp3) is 0.611. The summed E-state index contributed by atoms with van der Waals surface area (Å²) in [5, 5.41) is 12.5. The molecule has 1 aliphatic rings. The number of hydrogen-bond donors (Lipinski definition) is 1. The molecule has 2 atom stereocenters. The summed E-state index contributed by atoms with van der Waals surface area (Å²) in [6, 6.07) is 5.51. The van der Waals surface area contributed by atoms with Gasteiger partial charge in [0.25, 0.3) is 0 Å². The molecule has 2 nitrogen and oxygen atoms in total. The molecule has 0 spiro atoms. The maximum atomic E-state index is 13.8. The van der Waals surface area contributed by atoms with E-state index in [4.69, 9.17) is 5.26 Å². The van der Waals surface area contributed by atoms with Crippen LogP contribution in [0.2, 0.25) is 0 Å². The summed E-state index contributed by atoms with van der Waals surface area (Å²) in [6.07, 6.45) is 8.67. The minimum atomic E-state index is -0.297. The van der Waals surface area contributed by atoms with Gasteiger partial charge in [-0.2, -0.15) is 5.26 Å². The monoisotopic (exact) mass is 288 g/mol. The molecule has 0 amide bonds. The van der Waals surface area contributed by atoms with Crippen molar-refractivity contribution in [1.29, 1.82) is 5.26 Å². The molecule has 21 heavy (non-hydrogen) atoms. The zero-order chi connectivity index (χ0) is 15.2. The van der Waals surface area contributed by atoms with E-state index < -0.39 is 0 Å². The number of nitrogens with zero attached hydrogens (tertiary/aromatic N) is 1. The van der Waals surface area contributed by atoms with Crippen molar-refractivity contribution in [2.75, 3.05) is 5.32 Å². The molecule has 2 unspecified atom stereocenters. The van der Waals surface area contributed by atoms with Crippen LogP contribution in [0.1, 0.15) is 63.0 Å². The molecule has 1 aromatic rings. The van der Waals surface area contributed by atoms with Crippen molar-refractivity contribution in [2.45, 2.75) is 64.8 Å². The Morgan fingerprint density at radius 3 is 2.81 bits per heavy atom. The number of benzene rings is 1. The first kappa shape index (κ1) is 15.8. The molecule has 2 rings (SSSR count). The SMILES string of the molecule is CCCC1CCCC(Nc2cc(C#N)cc(F)c2C)CC1. The molecule has 1 fully saturated rings. The number of nitrogens with one attached hydrogen (secondary N) is 1. The largest absolute Gasteiger partial charge is 0.382 e. The van der Waals surface area contributed by atoms with Crippen LogP contribution in [0.15, 0.2) is 12.1 Å². The van der Waals surface area contributed by atoms with Crippen molar-refractivity contribution in [1.82, 2.24) is 0 Å². The zero-order valence-electron chi connectivity index (χ0n) is 13.1. The fourth-order valence-electron chi connectivity index (χ4n) is 3.33. The van der Waals surface area contributed by atoms with Gasteiger partial charge in [-0.05, 0) is 44.2 Å². The van der Waals surface area contributed by atoms with Crippen LogP contribution in [0.4, 0.5) is 10.1 Å². The van der Waals surface area contributed by atoms with E-state index in [1.165, 1.54) is 38.2 Å². The molecule has 0 aliphatic heterocycles. The van der Waals surface area contributed by atoms with Crippen molar-refractivity contribution in [2.24, 2.45) is 5.92 Å². The highest BCUT2D eigenvalue weighted by molar-refractivity contribution is 5.56. The first-order chi connectivity index (χ1) is 10.1. The second-order valence-electron chi connectivity index (χ2n) is 6.25. The van der Waals surface area contributed by atoms with E-state index in [1.807, 2.05) is 6.07 Å². The van der Waals surface area contributed by atoms with Gasteiger partial charge in [0.1, 0.15) is 5.82 Å². The van der Waals surface area contributed by atoms with Gasteiger partial charge in [-0.15, -0.1) is 0 Å². The van der Waals surface area contributed by atoms with Gasteiger partial charge in [0, 0.05) is 17.3 Å². The standard InChI is InChI=1S/C18H25FN2/c1-3-5-14-6-4-7-16(9-8-14)21-18-11-15(12-20)10-17(19)13(18)2/h10-11,14,16,21H,3-9H2,1-2H3. The summed E-state index contributed by atoms with van der Waals surface area (Å²) >= 11 is 0. The molecule has 3 heteroatoms. The number of halogens is 1. The van der Waals surface area contributed by atoms with Crippen LogP contribution in [0, 0.1) is 30.0 Å². The quantitative estimate of drug-likeness (QED) is 0.776. The smallest absolute Gasteiger partial charge is 0.129 e. The van der Waals surface area contributed by atoms with Crippen LogP contribution in [0.25, 0.3) is 0 Å². The maximum absolute atomic E-state index is 13.8. The molecule has 1 aromatic carbocycles. The number of rotatable bonds is 4. The van der Waals surface area contributed by atoms with Crippen molar-refractivity contribution < 1.29 is 4.39 Å². The zero-order valence-corrected chi connectivity index (χ0v) is 13.1. The van der Waals surface area contributed by atoms with Gasteiger partial charge in [-0.1, -0.05) is 32.6 Å². The molecule has 1 saturated carbocycles. The summed E-state index contributed by atoms with van der Waals surface area (Å²) in [6.45, 7) is 4.02. The second kappa shape index (κ2) is 7.45. The van der Waals surface area contributed by atoms with Crippen molar-refractivity contribution in [3.63, 3.8) is 0 Å². The van der Waals surface area contributed by atoms with Gasteiger partial charge in [0.15, 0.2) is 0 Å². The van der Waals surface area contributed by atoms with Crippen molar-refractivity contribution in [3.8, 4) is 6.07 Å². The Hall–Kier alpha value is -1.56. The number of nitriles is 1. The third-order valence-corrected chi connectivity index (χ3v) is 4.62. The van der Waals surface area contributed by atoms with Gasteiger partial charge < -0.3 is 5.32 Å². The van der Waals surface area contributed by atoms with Crippen LogP contribution in [-0.4, -0.2) is 6.04 Å². The molecular weight excluding hydrogens is 263 g/mol. The maximum Gasteiger partial charge on any atom is 0.129 e. The van der Waals surface area contributed by atoms with Gasteiger partial charge in [0.2, 0.25) is 0 Å². The average molecular weight is 288 g/mol. The first-order valence-corrected chi connectivity index (χ1v) is 8.10. The lowest BCUT2D eigenvalue weighted by Gasteiger charge is -2.20. The van der Waals surface area contributed by atoms with Crippen LogP contribution in [-0.2, 0) is 0 Å². The lowest BCUT2D eigenvalue weighted by molar-refractivity contribution is 0.422. The summed E-state index contributed by atoms with van der Waals surface area (Å²) in [5.41, 5.74) is 1.78. The van der Waals surface area contributed by atoms with Crippen LogP contribution in [0.5, 0.6) is 0 Å². The van der Waals surface area contributed by atoms with E-state index >= 15 is 0 Å². The van der Waals surface area contributed by atoms with E-state index in [1.54, 1.807) is 13.0 Å². The minimum absolute atomic E-state index is 0.297. The van der Waals surface area contributed by atoms with Crippen LogP contribution >= 0.6 is 0 Å². The van der Waals surface area contributed by atoms with E-state index in [2.05, 4.69) is 12.2 Å². The van der Waals surface area contributed by atoms with Crippen LogP contribution in [0.3, 0.4) is 0 Å². The van der Waals surface area contributed by atoms with Crippen molar-refractivity contribution in [3.05, 3.63) is 29.1 Å². The predicted molar refractivity (Wildman–Crippen MR) is 84.7 cm³/mol. The Kier molecular flexibility index (Phi) is 5.61. The van der Waals surface area contributed by atoms with Gasteiger partial charge in [-0.3, -0.25) is 0 Å². The lowest BCUT2D eigenvalue weighted by Crippen LogP contribution is -2.19. The molecule has 0 saturated heterocycles. The summed E-state index contributed by atoms with van der Waals surface area (Å²) in [5.74, 6) is 0.555. The van der Waals surface area contributed by atoms with Crippen molar-refractivity contribution >= 4 is 5.69 Å². The second-order valence-corrected chi connectivity index (χ2v) is 6.25. The number of anilines is 1. The summed E-state index contributed by atoms with van der Waals surface area (Å²) < 4.78 is 13.8. The van der Waals surface area contributed by atoms with E-state index in [0.29, 0.717) is 17.2 Å². The molecule has 114 valence electrons. The Morgan fingerprint density at radius 1 is 1.29 bits per heavy atom. The lowest BCUT2D eigenvalue weighted by atomic mass is 9.95. The van der Waals surface area contributed by atoms with Gasteiger partial charge in [0.05, 0.1) is 11.6 Å². The topological polar surface area (TPSA) is 35.8 Å². The summed E-state index contributed by atoms with van der Waals surface area (Å²) in [7, 11) is 0. The highest BCUT2D eigenvalue weighted by Crippen LogP contribution is 2.29. The third-order valence-electron chi connectivity index (χ3n) is 4.62. The molecule has 1 N–H and O–H groups in total. The van der Waals surface area contributed by atoms with E-state index in [-0.39, 0.29) is 5.82 Å². The molecule has 1 aliphatic carbocycles. The normalized spacial score (nSPS) is 22.4. The Labute approximate surface area is 127 Å². The third kappa shape index (κ3) is 4.20. The Bertz CT molecular complexity index is 519. The van der Waals surface area contributed by atoms with E-state index in [9.17, 15) is 4.39 Å². The molecule has 0 aromatic heterocycles. The van der Waals surface area contributed by atoms with Crippen LogP contribution < -0.4 is 5.32 Å². The predicted octanol–water partition coefficient (Wildman–Crippen LogP) is 5.17. The van der Waals surface area contributed by atoms with Gasteiger partial charge in [-0.25, -0.2) is 4.39 Å². The molecule has 0 heterocycles. The Balaban J connectivity index is 2.05. The highest BCUT2D eigenvalue weighted by atomic mass is 19.1. The number of hydrogen-bond acceptors (Lipinski definition) is 2. The summed E-state index contributed by atoms with van der Waals surface area (Å²) in [4.78, 5) is 0. The highest BCUT2D eigenvalue weighted by Gasteiger charge is 2.19. The van der Waals surface area contributed by atoms with Gasteiger partial charge >= 0.3 is 0 Å². The molecule has 0 bridgehead atoms. The minimum Gasteiger partial charge on any atom is -0.382 e. The molecule has 0 radical (unpaired) electrons. The Morgan fingerprint density at radius 2 is 2.10 bits per heavy atom. The first-order valence-electron chi connectivity index (χ1n) is 8.10. The van der Waals surface area contributed by atoms with E-state index in [0.717, 1.165) is 24.4 Å².